The molecule has 0 spiro atoms. The Morgan fingerprint density at radius 1 is 0.964 bits per heavy atom. The van der Waals surface area contributed by atoms with Gasteiger partial charge in [-0.1, -0.05) is 25.8 Å². The summed E-state index contributed by atoms with van der Waals surface area (Å²) in [6.45, 7) is 5.60. The number of ether oxygens (including phenoxy) is 2. The van der Waals surface area contributed by atoms with Gasteiger partial charge in [-0.2, -0.15) is 0 Å². The van der Waals surface area contributed by atoms with E-state index in [1.807, 2.05) is 0 Å². The van der Waals surface area contributed by atoms with Gasteiger partial charge in [0.1, 0.15) is 12.2 Å². The molecule has 28 heavy (non-hydrogen) atoms. The smallest absolute Gasteiger partial charge is 0.407 e. The summed E-state index contributed by atoms with van der Waals surface area (Å²) in [4.78, 5) is 24.2. The van der Waals surface area contributed by atoms with Crippen molar-refractivity contribution in [3.63, 3.8) is 0 Å². The summed E-state index contributed by atoms with van der Waals surface area (Å²) >= 11 is 0. The molecule has 5 aliphatic carbocycles. The molecular formula is C23H35NO4. The minimum Gasteiger partial charge on any atom is -0.460 e. The normalized spacial score (nSPS) is 36.8. The zero-order valence-corrected chi connectivity index (χ0v) is 17.2. The summed E-state index contributed by atoms with van der Waals surface area (Å²) in [5.41, 5.74) is 0.110. The maximum atomic E-state index is 12.8. The highest BCUT2D eigenvalue weighted by molar-refractivity contribution is 5.86. The van der Waals surface area contributed by atoms with Crippen LogP contribution >= 0.6 is 0 Å². The SMILES string of the molecule is C=C(C)C(=O)OCCNC(=O)OC1(C2CCCCC2)C2CC3CC(C2)CC1C3. The first-order chi connectivity index (χ1) is 13.5. The first-order valence-corrected chi connectivity index (χ1v) is 11.3. The third kappa shape index (κ3) is 3.69. The van der Waals surface area contributed by atoms with Gasteiger partial charge in [0, 0.05) is 5.57 Å². The van der Waals surface area contributed by atoms with Crippen LogP contribution in [-0.4, -0.2) is 30.8 Å². The molecular weight excluding hydrogens is 354 g/mol. The van der Waals surface area contributed by atoms with Gasteiger partial charge in [-0.05, 0) is 81.5 Å². The first kappa shape index (κ1) is 19.8. The lowest BCUT2D eigenvalue weighted by molar-refractivity contribution is -0.206. The van der Waals surface area contributed by atoms with E-state index in [9.17, 15) is 9.59 Å². The molecule has 1 N–H and O–H groups in total. The van der Waals surface area contributed by atoms with Crippen LogP contribution in [0.4, 0.5) is 4.79 Å². The molecule has 5 fully saturated rings. The van der Waals surface area contributed by atoms with E-state index in [4.69, 9.17) is 9.47 Å². The summed E-state index contributed by atoms with van der Waals surface area (Å²) in [5, 5.41) is 2.83. The van der Waals surface area contributed by atoms with Crippen LogP contribution in [0.5, 0.6) is 0 Å². The van der Waals surface area contributed by atoms with Gasteiger partial charge in [-0.25, -0.2) is 9.59 Å². The molecule has 4 bridgehead atoms. The van der Waals surface area contributed by atoms with Crippen molar-refractivity contribution in [1.82, 2.24) is 5.32 Å². The maximum Gasteiger partial charge on any atom is 0.407 e. The van der Waals surface area contributed by atoms with Crippen LogP contribution in [0.3, 0.4) is 0 Å². The molecule has 0 aliphatic heterocycles. The Morgan fingerprint density at radius 3 is 2.14 bits per heavy atom. The van der Waals surface area contributed by atoms with E-state index in [0.29, 0.717) is 23.3 Å². The van der Waals surface area contributed by atoms with Gasteiger partial charge in [-0.15, -0.1) is 0 Å². The van der Waals surface area contributed by atoms with Gasteiger partial charge in [0.15, 0.2) is 0 Å². The van der Waals surface area contributed by atoms with Crippen molar-refractivity contribution in [3.05, 3.63) is 12.2 Å². The number of hydrogen-bond donors (Lipinski definition) is 1. The van der Waals surface area contributed by atoms with Crippen LogP contribution in [0.2, 0.25) is 0 Å². The van der Waals surface area contributed by atoms with Crippen molar-refractivity contribution in [2.75, 3.05) is 13.2 Å². The van der Waals surface area contributed by atoms with Crippen molar-refractivity contribution in [2.24, 2.45) is 29.6 Å². The van der Waals surface area contributed by atoms with Crippen LogP contribution < -0.4 is 5.32 Å². The molecule has 5 saturated carbocycles. The number of esters is 1. The second kappa shape index (κ2) is 8.08. The lowest BCUT2D eigenvalue weighted by Gasteiger charge is -2.63. The molecule has 0 saturated heterocycles. The molecule has 0 atom stereocenters. The molecule has 0 aromatic heterocycles. The van der Waals surface area contributed by atoms with Crippen molar-refractivity contribution in [2.45, 2.75) is 76.7 Å². The molecule has 0 aromatic rings. The van der Waals surface area contributed by atoms with E-state index in [1.165, 1.54) is 64.2 Å². The fraction of sp³-hybridized carbons (Fsp3) is 0.826. The molecule has 0 aromatic carbocycles. The van der Waals surface area contributed by atoms with E-state index in [-0.39, 0.29) is 24.8 Å². The lowest BCUT2D eigenvalue weighted by Crippen LogP contribution is -2.64. The van der Waals surface area contributed by atoms with Crippen LogP contribution in [-0.2, 0) is 14.3 Å². The highest BCUT2D eigenvalue weighted by atomic mass is 16.6. The van der Waals surface area contributed by atoms with E-state index in [2.05, 4.69) is 11.9 Å². The number of rotatable bonds is 6. The molecule has 5 heteroatoms. The predicted molar refractivity (Wildman–Crippen MR) is 107 cm³/mol. The molecule has 0 heterocycles. The fourth-order valence-corrected chi connectivity index (χ4v) is 7.01. The van der Waals surface area contributed by atoms with E-state index in [1.54, 1.807) is 6.92 Å². The molecule has 1 amide bonds. The molecule has 0 unspecified atom stereocenters. The summed E-state index contributed by atoms with van der Waals surface area (Å²) in [6.07, 6.45) is 12.3. The van der Waals surface area contributed by atoms with Gasteiger partial charge in [0.25, 0.3) is 0 Å². The van der Waals surface area contributed by atoms with Gasteiger partial charge < -0.3 is 14.8 Å². The minimum atomic E-state index is -0.421. The fourth-order valence-electron chi connectivity index (χ4n) is 7.01. The van der Waals surface area contributed by atoms with Crippen molar-refractivity contribution >= 4 is 12.1 Å². The topological polar surface area (TPSA) is 64.6 Å². The number of amides is 1. The van der Waals surface area contributed by atoms with Crippen molar-refractivity contribution in [3.8, 4) is 0 Å². The van der Waals surface area contributed by atoms with Gasteiger partial charge in [0.2, 0.25) is 0 Å². The van der Waals surface area contributed by atoms with Crippen molar-refractivity contribution < 1.29 is 19.1 Å². The van der Waals surface area contributed by atoms with Crippen LogP contribution in [0, 0.1) is 29.6 Å². The number of carbonyl (C=O) groups is 2. The molecule has 5 aliphatic rings. The average Bonchev–Trinajstić information content (AvgIpc) is 2.68. The maximum absolute atomic E-state index is 12.8. The number of alkyl carbamates (subject to hydrolysis) is 1. The van der Waals surface area contributed by atoms with E-state index < -0.39 is 5.97 Å². The first-order valence-electron chi connectivity index (χ1n) is 11.3. The Morgan fingerprint density at radius 2 is 1.57 bits per heavy atom. The zero-order valence-electron chi connectivity index (χ0n) is 17.2. The summed E-state index contributed by atoms with van der Waals surface area (Å²) < 4.78 is 11.5. The quantitative estimate of drug-likeness (QED) is 0.409. The Hall–Kier alpha value is -1.52. The summed E-state index contributed by atoms with van der Waals surface area (Å²) in [5.74, 6) is 2.88. The molecule has 156 valence electrons. The number of nitrogens with one attached hydrogen (secondary N) is 1. The molecule has 5 rings (SSSR count). The Bertz CT molecular complexity index is 589. The highest BCUT2D eigenvalue weighted by Crippen LogP contribution is 2.63. The minimum absolute atomic E-state index is 0.147. The summed E-state index contributed by atoms with van der Waals surface area (Å²) in [7, 11) is 0. The van der Waals surface area contributed by atoms with E-state index >= 15 is 0 Å². The largest absolute Gasteiger partial charge is 0.460 e. The van der Waals surface area contributed by atoms with E-state index in [0.717, 1.165) is 11.8 Å². The van der Waals surface area contributed by atoms with Crippen LogP contribution in [0.1, 0.15) is 71.1 Å². The van der Waals surface area contributed by atoms with Crippen LogP contribution in [0.25, 0.3) is 0 Å². The number of hydrogen-bond acceptors (Lipinski definition) is 4. The third-order valence-electron chi connectivity index (χ3n) is 7.88. The van der Waals surface area contributed by atoms with Crippen molar-refractivity contribution in [1.29, 1.82) is 0 Å². The average molecular weight is 390 g/mol. The van der Waals surface area contributed by atoms with Crippen LogP contribution in [0.15, 0.2) is 12.2 Å². The zero-order chi connectivity index (χ0) is 19.7. The van der Waals surface area contributed by atoms with Gasteiger partial charge in [0.05, 0.1) is 6.54 Å². The predicted octanol–water partition coefficient (Wildman–Crippen LogP) is 4.61. The standard InChI is InChI=1S/C23H35NO4/c1-15(2)21(25)27-9-8-24-22(26)28-23(18-6-4-3-5-7-18)19-11-16-10-17(13-19)14-20(23)12-16/h16-20H,1,3-14H2,2H3,(H,24,26). The van der Waals surface area contributed by atoms with Gasteiger partial charge >= 0.3 is 12.1 Å². The Kier molecular flexibility index (Phi) is 5.71. The lowest BCUT2D eigenvalue weighted by atomic mass is 9.46. The Balaban J connectivity index is 1.41. The third-order valence-corrected chi connectivity index (χ3v) is 7.88. The monoisotopic (exact) mass is 389 g/mol. The Labute approximate surface area is 168 Å². The molecule has 5 nitrogen and oxygen atoms in total. The number of carbonyl (C=O) groups excluding carboxylic acids is 2. The highest BCUT2D eigenvalue weighted by Gasteiger charge is 2.62. The second-order valence-electron chi connectivity index (χ2n) is 9.73. The van der Waals surface area contributed by atoms with Gasteiger partial charge in [-0.3, -0.25) is 0 Å². The second-order valence-corrected chi connectivity index (χ2v) is 9.73. The molecule has 0 radical (unpaired) electrons. The summed E-state index contributed by atoms with van der Waals surface area (Å²) in [6, 6.07) is 0.